The number of unbranched alkanes of at least 4 members (excludes halogenated alkanes) is 8. The second-order valence-electron chi connectivity index (χ2n) is 7.96. The minimum absolute atomic E-state index is 0.372. The van der Waals surface area contributed by atoms with Crippen LogP contribution >= 0.6 is 0 Å². The van der Waals surface area contributed by atoms with Crippen LogP contribution in [0.15, 0.2) is 36.7 Å². The molecule has 0 aliphatic heterocycles. The standard InChI is InChI=1S/C26H36N2O4/c1-3-5-7-9-11-17-31-25(29)21-13-15-27-23(19-21)24-20-22(14-16-28-24)26(30)32-18-12-10-8-6-4-2/h13-16,19-20H,3-12,17-18H2,1-2H3. The summed E-state index contributed by atoms with van der Waals surface area (Å²) in [6.07, 6.45) is 14.1. The van der Waals surface area contributed by atoms with Gasteiger partial charge in [-0.05, 0) is 37.1 Å². The second-order valence-corrected chi connectivity index (χ2v) is 7.96. The molecule has 2 rings (SSSR count). The lowest BCUT2D eigenvalue weighted by atomic mass is 10.1. The number of nitrogens with zero attached hydrogens (tertiary/aromatic N) is 2. The van der Waals surface area contributed by atoms with Gasteiger partial charge in [0.05, 0.1) is 35.7 Å². The number of carbonyl (C=O) groups is 2. The number of carbonyl (C=O) groups excluding carboxylic acids is 2. The zero-order valence-corrected chi connectivity index (χ0v) is 19.5. The van der Waals surface area contributed by atoms with Crippen LogP contribution in [-0.2, 0) is 9.47 Å². The van der Waals surface area contributed by atoms with E-state index in [1.165, 1.54) is 25.7 Å². The summed E-state index contributed by atoms with van der Waals surface area (Å²) in [5.74, 6) is -0.745. The van der Waals surface area contributed by atoms with Gasteiger partial charge < -0.3 is 9.47 Å². The number of hydrogen-bond donors (Lipinski definition) is 0. The highest BCUT2D eigenvalue weighted by atomic mass is 16.5. The van der Waals surface area contributed by atoms with Crippen LogP contribution in [0.5, 0.6) is 0 Å². The van der Waals surface area contributed by atoms with Gasteiger partial charge in [-0.15, -0.1) is 0 Å². The molecule has 0 saturated heterocycles. The van der Waals surface area contributed by atoms with E-state index in [4.69, 9.17) is 9.47 Å². The lowest BCUT2D eigenvalue weighted by molar-refractivity contribution is 0.0488. The van der Waals surface area contributed by atoms with Gasteiger partial charge in [-0.2, -0.15) is 0 Å². The molecule has 0 aliphatic rings. The number of rotatable bonds is 15. The predicted molar refractivity (Wildman–Crippen MR) is 126 cm³/mol. The van der Waals surface area contributed by atoms with Crippen molar-refractivity contribution in [2.45, 2.75) is 78.1 Å². The summed E-state index contributed by atoms with van der Waals surface area (Å²) in [5.41, 5.74) is 1.86. The van der Waals surface area contributed by atoms with Crippen LogP contribution in [-0.4, -0.2) is 35.1 Å². The smallest absolute Gasteiger partial charge is 0.338 e. The first-order chi connectivity index (χ1) is 15.7. The minimum Gasteiger partial charge on any atom is -0.462 e. The first-order valence-electron chi connectivity index (χ1n) is 11.9. The number of aromatic nitrogens is 2. The van der Waals surface area contributed by atoms with Crippen LogP contribution in [0.25, 0.3) is 11.4 Å². The maximum Gasteiger partial charge on any atom is 0.338 e. The summed E-state index contributed by atoms with van der Waals surface area (Å²) in [7, 11) is 0. The molecule has 174 valence electrons. The third-order valence-corrected chi connectivity index (χ3v) is 5.22. The van der Waals surface area contributed by atoms with E-state index in [2.05, 4.69) is 23.8 Å². The van der Waals surface area contributed by atoms with Crippen molar-refractivity contribution in [1.82, 2.24) is 9.97 Å². The van der Waals surface area contributed by atoms with Gasteiger partial charge in [-0.25, -0.2) is 9.59 Å². The van der Waals surface area contributed by atoms with Crippen LogP contribution in [0, 0.1) is 0 Å². The quantitative estimate of drug-likeness (QED) is 0.236. The van der Waals surface area contributed by atoms with Crippen LogP contribution in [0.1, 0.15) is 98.8 Å². The molecule has 0 N–H and O–H groups in total. The third kappa shape index (κ3) is 9.16. The molecule has 0 aromatic carbocycles. The van der Waals surface area contributed by atoms with Crippen LogP contribution in [0.4, 0.5) is 0 Å². The number of esters is 2. The summed E-state index contributed by atoms with van der Waals surface area (Å²) in [6.45, 7) is 5.17. The van der Waals surface area contributed by atoms with Gasteiger partial charge in [0.25, 0.3) is 0 Å². The van der Waals surface area contributed by atoms with Crippen LogP contribution in [0.3, 0.4) is 0 Å². The predicted octanol–water partition coefficient (Wildman–Crippen LogP) is 6.40. The van der Waals surface area contributed by atoms with Crippen molar-refractivity contribution in [2.24, 2.45) is 0 Å². The molecular weight excluding hydrogens is 404 g/mol. The Morgan fingerprint density at radius 1 is 0.656 bits per heavy atom. The molecule has 0 amide bonds. The number of hydrogen-bond acceptors (Lipinski definition) is 6. The third-order valence-electron chi connectivity index (χ3n) is 5.22. The Labute approximate surface area is 191 Å². The largest absolute Gasteiger partial charge is 0.462 e. The summed E-state index contributed by atoms with van der Waals surface area (Å²) in [6, 6.07) is 6.54. The lowest BCUT2D eigenvalue weighted by Gasteiger charge is -2.08. The number of ether oxygens (including phenoxy) is 2. The molecule has 0 aliphatic carbocycles. The van der Waals surface area contributed by atoms with Gasteiger partial charge in [-0.1, -0.05) is 65.2 Å². The topological polar surface area (TPSA) is 78.4 Å². The zero-order valence-electron chi connectivity index (χ0n) is 19.5. The van der Waals surface area contributed by atoms with Crippen molar-refractivity contribution >= 4 is 11.9 Å². The van der Waals surface area contributed by atoms with Crippen molar-refractivity contribution in [3.8, 4) is 11.4 Å². The number of pyridine rings is 2. The van der Waals surface area contributed by atoms with Crippen molar-refractivity contribution in [3.05, 3.63) is 47.8 Å². The first-order valence-corrected chi connectivity index (χ1v) is 11.9. The molecular formula is C26H36N2O4. The Bertz CT molecular complexity index is 769. The molecule has 32 heavy (non-hydrogen) atoms. The van der Waals surface area contributed by atoms with Gasteiger partial charge in [0.1, 0.15) is 0 Å². The molecule has 0 bridgehead atoms. The fourth-order valence-corrected chi connectivity index (χ4v) is 3.30. The van der Waals surface area contributed by atoms with E-state index in [1.807, 2.05) is 0 Å². The Kier molecular flexibility index (Phi) is 12.0. The van der Waals surface area contributed by atoms with Gasteiger partial charge in [0.15, 0.2) is 0 Å². The van der Waals surface area contributed by atoms with E-state index < -0.39 is 0 Å². The van der Waals surface area contributed by atoms with Gasteiger partial charge in [0, 0.05) is 12.4 Å². The van der Waals surface area contributed by atoms with Crippen molar-refractivity contribution in [2.75, 3.05) is 13.2 Å². The van der Waals surface area contributed by atoms with E-state index in [0.29, 0.717) is 35.7 Å². The maximum absolute atomic E-state index is 12.4. The minimum atomic E-state index is -0.372. The first kappa shape index (κ1) is 25.5. The van der Waals surface area contributed by atoms with E-state index in [9.17, 15) is 9.59 Å². The van der Waals surface area contributed by atoms with E-state index in [1.54, 1.807) is 36.7 Å². The molecule has 2 aromatic heterocycles. The lowest BCUT2D eigenvalue weighted by Crippen LogP contribution is -2.08. The monoisotopic (exact) mass is 440 g/mol. The van der Waals surface area contributed by atoms with Gasteiger partial charge >= 0.3 is 11.9 Å². The maximum atomic E-state index is 12.4. The SMILES string of the molecule is CCCCCCCOC(=O)c1ccnc(-c2cc(C(=O)OCCCCCCC)ccn2)c1. The summed E-state index contributed by atoms with van der Waals surface area (Å²) in [5, 5.41) is 0. The molecule has 0 atom stereocenters. The summed E-state index contributed by atoms with van der Waals surface area (Å²) < 4.78 is 10.8. The molecule has 2 heterocycles. The zero-order chi connectivity index (χ0) is 23.0. The van der Waals surface area contributed by atoms with Gasteiger partial charge in [0.2, 0.25) is 0 Å². The molecule has 0 radical (unpaired) electrons. The molecule has 0 spiro atoms. The van der Waals surface area contributed by atoms with Crippen LogP contribution in [0.2, 0.25) is 0 Å². The Hall–Kier alpha value is -2.76. The molecule has 0 fully saturated rings. The highest BCUT2D eigenvalue weighted by Gasteiger charge is 2.13. The normalized spacial score (nSPS) is 10.7. The Morgan fingerprint density at radius 3 is 1.47 bits per heavy atom. The fraction of sp³-hybridized carbons (Fsp3) is 0.538. The van der Waals surface area contributed by atoms with Gasteiger partial charge in [-0.3, -0.25) is 9.97 Å². The highest BCUT2D eigenvalue weighted by Crippen LogP contribution is 2.18. The van der Waals surface area contributed by atoms with Crippen LogP contribution < -0.4 is 0 Å². The van der Waals surface area contributed by atoms with E-state index >= 15 is 0 Å². The van der Waals surface area contributed by atoms with Crippen molar-refractivity contribution in [3.63, 3.8) is 0 Å². The van der Waals surface area contributed by atoms with Crippen molar-refractivity contribution in [1.29, 1.82) is 0 Å². The molecule has 6 nitrogen and oxygen atoms in total. The Morgan fingerprint density at radius 2 is 1.06 bits per heavy atom. The van der Waals surface area contributed by atoms with E-state index in [0.717, 1.165) is 38.5 Å². The summed E-state index contributed by atoms with van der Waals surface area (Å²) in [4.78, 5) is 33.3. The average molecular weight is 441 g/mol. The molecule has 6 heteroatoms. The molecule has 0 unspecified atom stereocenters. The molecule has 2 aromatic rings. The highest BCUT2D eigenvalue weighted by molar-refractivity contribution is 5.92. The molecule has 0 saturated carbocycles. The Balaban J connectivity index is 1.90. The summed E-state index contributed by atoms with van der Waals surface area (Å²) >= 11 is 0. The van der Waals surface area contributed by atoms with Crippen molar-refractivity contribution < 1.29 is 19.1 Å². The second kappa shape index (κ2) is 15.1. The average Bonchev–Trinajstić information content (AvgIpc) is 2.83. The fourth-order valence-electron chi connectivity index (χ4n) is 3.30. The van der Waals surface area contributed by atoms with E-state index in [-0.39, 0.29) is 11.9 Å².